The lowest BCUT2D eigenvalue weighted by atomic mass is 10.1. The molecule has 0 fully saturated rings. The molecule has 0 bridgehead atoms. The van der Waals surface area contributed by atoms with Gasteiger partial charge in [-0.2, -0.15) is 0 Å². The summed E-state index contributed by atoms with van der Waals surface area (Å²) >= 11 is 6.02. The van der Waals surface area contributed by atoms with Crippen molar-refractivity contribution in [3.05, 3.63) is 59.1 Å². The summed E-state index contributed by atoms with van der Waals surface area (Å²) in [5.41, 5.74) is 7.32. The van der Waals surface area contributed by atoms with Crippen LogP contribution in [-0.2, 0) is 9.59 Å². The van der Waals surface area contributed by atoms with Crippen LogP contribution < -0.4 is 16.4 Å². The average molecular weight is 318 g/mol. The van der Waals surface area contributed by atoms with Gasteiger partial charge in [-0.05, 0) is 23.8 Å². The number of hydrogen-bond donors (Lipinski definition) is 3. The molecule has 5 nitrogen and oxygen atoms in total. The molecule has 0 aromatic heterocycles. The average Bonchev–Trinajstić information content (AvgIpc) is 2.48. The minimum absolute atomic E-state index is 0.228. The summed E-state index contributed by atoms with van der Waals surface area (Å²) in [6.45, 7) is 1.40. The van der Waals surface area contributed by atoms with Gasteiger partial charge in [0.05, 0.1) is 10.7 Å². The van der Waals surface area contributed by atoms with E-state index in [0.29, 0.717) is 16.4 Å². The Morgan fingerprint density at radius 1 is 1.14 bits per heavy atom. The van der Waals surface area contributed by atoms with Crippen molar-refractivity contribution in [3.8, 4) is 0 Å². The zero-order chi connectivity index (χ0) is 16.1. The molecule has 0 spiro atoms. The zero-order valence-electron chi connectivity index (χ0n) is 12.0. The molecular formula is C16H16ClN3O2. The van der Waals surface area contributed by atoms with E-state index in [0.717, 1.165) is 5.56 Å². The quantitative estimate of drug-likeness (QED) is 0.792. The van der Waals surface area contributed by atoms with Crippen LogP contribution in [0.4, 0.5) is 11.4 Å². The number of anilines is 2. The van der Waals surface area contributed by atoms with Crippen LogP contribution in [0, 0.1) is 0 Å². The number of rotatable bonds is 5. The van der Waals surface area contributed by atoms with E-state index in [2.05, 4.69) is 10.6 Å². The molecule has 2 rings (SSSR count). The van der Waals surface area contributed by atoms with E-state index in [1.807, 2.05) is 30.3 Å². The van der Waals surface area contributed by atoms with Crippen LogP contribution in [0.5, 0.6) is 0 Å². The van der Waals surface area contributed by atoms with Gasteiger partial charge in [-0.3, -0.25) is 9.59 Å². The van der Waals surface area contributed by atoms with Crippen LogP contribution in [0.2, 0.25) is 5.02 Å². The van der Waals surface area contributed by atoms with Crippen molar-refractivity contribution in [1.29, 1.82) is 0 Å². The number of halogens is 1. The SMILES string of the molecule is CC(=O)Nc1cc(NC(C(N)=O)c2ccccc2)ccc1Cl. The van der Waals surface area contributed by atoms with E-state index in [1.54, 1.807) is 18.2 Å². The molecule has 1 atom stereocenters. The van der Waals surface area contributed by atoms with Crippen molar-refractivity contribution in [1.82, 2.24) is 0 Å². The third kappa shape index (κ3) is 3.99. The van der Waals surface area contributed by atoms with Gasteiger partial charge in [0, 0.05) is 12.6 Å². The second kappa shape index (κ2) is 6.95. The molecule has 0 aliphatic heterocycles. The molecule has 0 aliphatic carbocycles. The first-order valence-corrected chi connectivity index (χ1v) is 7.03. The van der Waals surface area contributed by atoms with E-state index in [4.69, 9.17) is 17.3 Å². The Hall–Kier alpha value is -2.53. The van der Waals surface area contributed by atoms with E-state index in [1.165, 1.54) is 6.92 Å². The molecule has 1 unspecified atom stereocenters. The van der Waals surface area contributed by atoms with Crippen LogP contribution in [0.15, 0.2) is 48.5 Å². The second-order valence-electron chi connectivity index (χ2n) is 4.77. The molecule has 0 saturated heterocycles. The molecule has 4 N–H and O–H groups in total. The number of nitrogens with one attached hydrogen (secondary N) is 2. The molecule has 2 aromatic rings. The number of carbonyl (C=O) groups is 2. The highest BCUT2D eigenvalue weighted by Gasteiger charge is 2.17. The normalized spacial score (nSPS) is 11.5. The van der Waals surface area contributed by atoms with E-state index >= 15 is 0 Å². The van der Waals surface area contributed by atoms with Gasteiger partial charge in [0.15, 0.2) is 0 Å². The summed E-state index contributed by atoms with van der Waals surface area (Å²) in [4.78, 5) is 22.9. The standard InChI is InChI=1S/C16H16ClN3O2/c1-10(21)19-14-9-12(7-8-13(14)17)20-15(16(18)22)11-5-3-2-4-6-11/h2-9,15,20H,1H3,(H2,18,22)(H,19,21). The Bertz CT molecular complexity index is 689. The Kier molecular flexibility index (Phi) is 5.01. The first-order chi connectivity index (χ1) is 10.5. The van der Waals surface area contributed by atoms with Gasteiger partial charge in [-0.15, -0.1) is 0 Å². The fourth-order valence-electron chi connectivity index (χ4n) is 2.03. The first kappa shape index (κ1) is 15.9. The van der Waals surface area contributed by atoms with E-state index in [9.17, 15) is 9.59 Å². The smallest absolute Gasteiger partial charge is 0.244 e. The molecule has 22 heavy (non-hydrogen) atoms. The monoisotopic (exact) mass is 317 g/mol. The maximum atomic E-state index is 11.7. The van der Waals surface area contributed by atoms with E-state index in [-0.39, 0.29) is 5.91 Å². The van der Waals surface area contributed by atoms with Crippen LogP contribution in [-0.4, -0.2) is 11.8 Å². The molecule has 0 heterocycles. The number of benzene rings is 2. The summed E-state index contributed by atoms with van der Waals surface area (Å²) < 4.78 is 0. The third-order valence-electron chi connectivity index (χ3n) is 3.01. The van der Waals surface area contributed by atoms with Gasteiger partial charge in [0.25, 0.3) is 0 Å². The molecule has 2 amide bonds. The topological polar surface area (TPSA) is 84.2 Å². The Balaban J connectivity index is 2.27. The summed E-state index contributed by atoms with van der Waals surface area (Å²) in [5.74, 6) is -0.726. The minimum Gasteiger partial charge on any atom is -0.370 e. The molecule has 114 valence electrons. The second-order valence-corrected chi connectivity index (χ2v) is 5.17. The Morgan fingerprint density at radius 2 is 1.82 bits per heavy atom. The lowest BCUT2D eigenvalue weighted by Crippen LogP contribution is -2.27. The summed E-state index contributed by atoms with van der Waals surface area (Å²) in [6.07, 6.45) is 0. The highest BCUT2D eigenvalue weighted by atomic mass is 35.5. The molecular weight excluding hydrogens is 302 g/mol. The first-order valence-electron chi connectivity index (χ1n) is 6.65. The predicted molar refractivity (Wildman–Crippen MR) is 87.8 cm³/mol. The fraction of sp³-hybridized carbons (Fsp3) is 0.125. The molecule has 2 aromatic carbocycles. The number of hydrogen-bond acceptors (Lipinski definition) is 3. The molecule has 6 heteroatoms. The van der Waals surface area contributed by atoms with Gasteiger partial charge in [0.2, 0.25) is 11.8 Å². The van der Waals surface area contributed by atoms with Crippen LogP contribution in [0.3, 0.4) is 0 Å². The number of nitrogens with two attached hydrogens (primary N) is 1. The molecule has 0 aliphatic rings. The lowest BCUT2D eigenvalue weighted by Gasteiger charge is -2.18. The van der Waals surface area contributed by atoms with Crippen molar-refractivity contribution in [2.45, 2.75) is 13.0 Å². The summed E-state index contributed by atoms with van der Waals surface area (Å²) in [6, 6.07) is 13.5. The van der Waals surface area contributed by atoms with Crippen LogP contribution in [0.1, 0.15) is 18.5 Å². The highest BCUT2D eigenvalue weighted by molar-refractivity contribution is 6.33. The Labute approximate surface area is 133 Å². The van der Waals surface area contributed by atoms with Gasteiger partial charge in [0.1, 0.15) is 6.04 Å². The van der Waals surface area contributed by atoms with Crippen LogP contribution >= 0.6 is 11.6 Å². The summed E-state index contributed by atoms with van der Waals surface area (Å²) in [7, 11) is 0. The van der Waals surface area contributed by atoms with Gasteiger partial charge < -0.3 is 16.4 Å². The van der Waals surface area contributed by atoms with Gasteiger partial charge in [-0.1, -0.05) is 41.9 Å². The maximum absolute atomic E-state index is 11.7. The van der Waals surface area contributed by atoms with Crippen molar-refractivity contribution in [2.75, 3.05) is 10.6 Å². The predicted octanol–water partition coefficient (Wildman–Crippen LogP) is 2.94. The largest absolute Gasteiger partial charge is 0.370 e. The van der Waals surface area contributed by atoms with Crippen molar-refractivity contribution in [2.24, 2.45) is 5.73 Å². The molecule has 0 saturated carbocycles. The molecule has 0 radical (unpaired) electrons. The Morgan fingerprint density at radius 3 is 2.41 bits per heavy atom. The minimum atomic E-state index is -0.674. The van der Waals surface area contributed by atoms with Crippen molar-refractivity contribution in [3.63, 3.8) is 0 Å². The maximum Gasteiger partial charge on any atom is 0.244 e. The zero-order valence-corrected chi connectivity index (χ0v) is 12.7. The van der Waals surface area contributed by atoms with Gasteiger partial charge >= 0.3 is 0 Å². The fourth-order valence-corrected chi connectivity index (χ4v) is 2.20. The number of carbonyl (C=O) groups excluding carboxylic acids is 2. The van der Waals surface area contributed by atoms with Crippen LogP contribution in [0.25, 0.3) is 0 Å². The van der Waals surface area contributed by atoms with Crippen molar-refractivity contribution >= 4 is 34.8 Å². The van der Waals surface area contributed by atoms with Gasteiger partial charge in [-0.25, -0.2) is 0 Å². The third-order valence-corrected chi connectivity index (χ3v) is 3.34. The highest BCUT2D eigenvalue weighted by Crippen LogP contribution is 2.28. The number of amides is 2. The number of primary amides is 1. The lowest BCUT2D eigenvalue weighted by molar-refractivity contribution is -0.119. The summed E-state index contributed by atoms with van der Waals surface area (Å²) in [5, 5.41) is 6.09. The van der Waals surface area contributed by atoms with Crippen molar-refractivity contribution < 1.29 is 9.59 Å². The van der Waals surface area contributed by atoms with E-state index < -0.39 is 11.9 Å².